The first-order valence-electron chi connectivity index (χ1n) is 23.1. The molecule has 6 N–H and O–H groups in total. The number of nitrogens with two attached hydrogens (primary N) is 3. The molecule has 8 atom stereocenters. The summed E-state index contributed by atoms with van der Waals surface area (Å²) in [5.74, 6) is 2.20. The smallest absolute Gasteiger partial charge is 0.222 e. The van der Waals surface area contributed by atoms with Crippen molar-refractivity contribution < 1.29 is 19.0 Å². The van der Waals surface area contributed by atoms with Gasteiger partial charge in [-0.2, -0.15) is 0 Å². The molecule has 1 fully saturated rings. The van der Waals surface area contributed by atoms with Crippen molar-refractivity contribution in [3.63, 3.8) is 0 Å². The van der Waals surface area contributed by atoms with Crippen molar-refractivity contribution in [2.75, 3.05) is 52.5 Å². The van der Waals surface area contributed by atoms with Crippen molar-refractivity contribution >= 4 is 5.91 Å². The fraction of sp³-hybridized carbons (Fsp3) is 0.978. The van der Waals surface area contributed by atoms with E-state index >= 15 is 0 Å². The maximum Gasteiger partial charge on any atom is 0.222 e. The molecule has 1 aliphatic carbocycles. The van der Waals surface area contributed by atoms with Crippen LogP contribution in [0.5, 0.6) is 0 Å². The lowest BCUT2D eigenvalue weighted by molar-refractivity contribution is -0.132. The second-order valence-electron chi connectivity index (χ2n) is 18.0. The highest BCUT2D eigenvalue weighted by Crippen LogP contribution is 2.58. The van der Waals surface area contributed by atoms with Gasteiger partial charge in [-0.3, -0.25) is 4.79 Å². The van der Waals surface area contributed by atoms with Crippen LogP contribution in [0.2, 0.25) is 0 Å². The molecule has 0 radical (unpaired) electrons. The number of unbranched alkanes of at least 4 members (excludes halogenated alkanes) is 4. The quantitative estimate of drug-likeness (QED) is 0.0549. The Morgan fingerprint density at radius 1 is 0.759 bits per heavy atom. The Bertz CT molecular complexity index is 911. The zero-order valence-electron chi connectivity index (χ0n) is 37.4. The van der Waals surface area contributed by atoms with Crippen LogP contribution in [-0.4, -0.2) is 81.7 Å². The minimum absolute atomic E-state index is 0.0364. The summed E-state index contributed by atoms with van der Waals surface area (Å²) < 4.78 is 19.8. The Labute approximate surface area is 335 Å². The van der Waals surface area contributed by atoms with E-state index in [1.54, 1.807) is 0 Å². The number of nitrogens with zero attached hydrogens (tertiary/aromatic N) is 1. The van der Waals surface area contributed by atoms with E-state index in [0.29, 0.717) is 62.2 Å². The monoisotopic (exact) mass is 767 g/mol. The molecule has 0 unspecified atom stereocenters. The Morgan fingerprint density at radius 3 is 1.81 bits per heavy atom. The van der Waals surface area contributed by atoms with Crippen molar-refractivity contribution in [2.45, 2.75) is 203 Å². The Kier molecular flexibility index (Phi) is 27.9. The summed E-state index contributed by atoms with van der Waals surface area (Å²) in [4.78, 5) is 16.0. The van der Waals surface area contributed by atoms with Crippen LogP contribution in [0.25, 0.3) is 0 Å². The summed E-state index contributed by atoms with van der Waals surface area (Å²) in [6.45, 7) is 27.3. The standard InChI is InChI=1S/C46H94N4O4/c1-10-14-16-30-50(31-17-15-11-2)44(51)24-21-37(5)42-23-22-39(36-41(13-4)53-33-19-28-48)46(42,9)43(54-34-20-29-49)35-38(6)45(7,8)26-25-40(12-3)52-32-18-27-47/h37-43H,10-36,47-49H2,1-9H3/t37-,38-,39+,40+,41-,42-,43+,46+/m1/s1. The first kappa shape index (κ1) is 51.2. The molecule has 1 aliphatic rings. The van der Waals surface area contributed by atoms with Crippen LogP contribution < -0.4 is 17.2 Å². The first-order chi connectivity index (χ1) is 25.9. The Hall–Kier alpha value is -0.770. The molecule has 0 aliphatic heterocycles. The second-order valence-corrected chi connectivity index (χ2v) is 18.0. The van der Waals surface area contributed by atoms with Gasteiger partial charge in [0.1, 0.15) is 0 Å². The van der Waals surface area contributed by atoms with Crippen LogP contribution in [0.4, 0.5) is 0 Å². The largest absolute Gasteiger partial charge is 0.378 e. The van der Waals surface area contributed by atoms with Gasteiger partial charge in [-0.05, 0) is 144 Å². The number of carbonyl (C=O) groups is 1. The van der Waals surface area contributed by atoms with E-state index in [1.807, 2.05) is 0 Å². The molecule has 0 saturated heterocycles. The lowest BCUT2D eigenvalue weighted by Gasteiger charge is -2.48. The topological polar surface area (TPSA) is 126 Å². The normalized spacial score (nSPS) is 21.9. The number of hydrogen-bond donors (Lipinski definition) is 3. The van der Waals surface area contributed by atoms with Crippen molar-refractivity contribution in [1.82, 2.24) is 4.90 Å². The molecule has 0 aromatic rings. The summed E-state index contributed by atoms with van der Waals surface area (Å²) in [5, 5.41) is 0. The lowest BCUT2D eigenvalue weighted by atomic mass is 9.61. The third-order valence-corrected chi connectivity index (χ3v) is 13.7. The Balaban J connectivity index is 3.39. The van der Waals surface area contributed by atoms with E-state index in [0.717, 1.165) is 103 Å². The Morgan fingerprint density at radius 2 is 1.30 bits per heavy atom. The van der Waals surface area contributed by atoms with Crippen LogP contribution in [0.15, 0.2) is 0 Å². The van der Waals surface area contributed by atoms with Gasteiger partial charge >= 0.3 is 0 Å². The predicted molar refractivity (Wildman–Crippen MR) is 231 cm³/mol. The number of rotatable bonds is 35. The van der Waals surface area contributed by atoms with Crippen LogP contribution >= 0.6 is 0 Å². The third-order valence-electron chi connectivity index (χ3n) is 13.7. The van der Waals surface area contributed by atoms with Crippen molar-refractivity contribution in [2.24, 2.45) is 51.7 Å². The second kappa shape index (κ2) is 29.4. The molecule has 0 heterocycles. The van der Waals surface area contributed by atoms with Crippen LogP contribution in [0, 0.1) is 34.5 Å². The number of ether oxygens (including phenoxy) is 3. The maximum absolute atomic E-state index is 13.8. The molecule has 54 heavy (non-hydrogen) atoms. The fourth-order valence-corrected chi connectivity index (χ4v) is 9.23. The van der Waals surface area contributed by atoms with Gasteiger partial charge in [0.05, 0.1) is 18.3 Å². The average Bonchev–Trinajstić information content (AvgIpc) is 3.49. The van der Waals surface area contributed by atoms with E-state index in [-0.39, 0.29) is 29.1 Å². The summed E-state index contributed by atoms with van der Waals surface area (Å²) in [6.07, 6.45) is 20.5. The van der Waals surface area contributed by atoms with E-state index in [9.17, 15) is 4.79 Å². The lowest BCUT2D eigenvalue weighted by Crippen LogP contribution is -2.47. The molecule has 1 amide bonds. The number of carbonyl (C=O) groups excluding carboxylic acids is 1. The molecule has 1 saturated carbocycles. The van der Waals surface area contributed by atoms with Gasteiger partial charge < -0.3 is 36.3 Å². The molecule has 0 aromatic carbocycles. The van der Waals surface area contributed by atoms with Gasteiger partial charge in [0.2, 0.25) is 5.91 Å². The molecule has 8 nitrogen and oxygen atoms in total. The fourth-order valence-electron chi connectivity index (χ4n) is 9.23. The van der Waals surface area contributed by atoms with Gasteiger partial charge in [0, 0.05) is 39.3 Å². The highest BCUT2D eigenvalue weighted by Gasteiger charge is 2.54. The molecule has 322 valence electrons. The van der Waals surface area contributed by atoms with Crippen molar-refractivity contribution in [3.8, 4) is 0 Å². The summed E-state index contributed by atoms with van der Waals surface area (Å²) >= 11 is 0. The molecule has 0 aromatic heterocycles. The van der Waals surface area contributed by atoms with E-state index in [1.165, 1.54) is 38.5 Å². The van der Waals surface area contributed by atoms with Crippen LogP contribution in [0.1, 0.15) is 184 Å². The van der Waals surface area contributed by atoms with Gasteiger partial charge in [0.25, 0.3) is 0 Å². The molecule has 8 heteroatoms. The highest BCUT2D eigenvalue weighted by molar-refractivity contribution is 5.76. The summed E-state index contributed by atoms with van der Waals surface area (Å²) in [7, 11) is 0. The van der Waals surface area contributed by atoms with Gasteiger partial charge in [0.15, 0.2) is 0 Å². The minimum atomic E-state index is -0.0364. The summed E-state index contributed by atoms with van der Waals surface area (Å²) in [5.41, 5.74) is 17.7. The number of hydrogen-bond acceptors (Lipinski definition) is 7. The minimum Gasteiger partial charge on any atom is -0.378 e. The van der Waals surface area contributed by atoms with E-state index < -0.39 is 0 Å². The molecular formula is C46H94N4O4. The van der Waals surface area contributed by atoms with Crippen molar-refractivity contribution in [1.29, 1.82) is 0 Å². The zero-order chi connectivity index (χ0) is 40.4. The first-order valence-corrected chi connectivity index (χ1v) is 23.1. The molecule has 1 rings (SSSR count). The maximum atomic E-state index is 13.8. The van der Waals surface area contributed by atoms with Gasteiger partial charge in [-0.15, -0.1) is 0 Å². The van der Waals surface area contributed by atoms with E-state index in [4.69, 9.17) is 31.4 Å². The van der Waals surface area contributed by atoms with Crippen molar-refractivity contribution in [3.05, 3.63) is 0 Å². The van der Waals surface area contributed by atoms with Crippen LogP contribution in [-0.2, 0) is 19.0 Å². The van der Waals surface area contributed by atoms with Gasteiger partial charge in [-0.25, -0.2) is 0 Å². The average molecular weight is 767 g/mol. The van der Waals surface area contributed by atoms with E-state index in [2.05, 4.69) is 67.2 Å². The molecule has 0 bridgehead atoms. The predicted octanol–water partition coefficient (Wildman–Crippen LogP) is 9.89. The van der Waals surface area contributed by atoms with Crippen LogP contribution in [0.3, 0.4) is 0 Å². The SMILES string of the molecule is CCCCCN(CCCCC)C(=O)CC[C@@H](C)[C@H]1CC[C@@H](C[C@@H](CC)OCCCN)[C@]1(C)[C@H](C[C@@H](C)C(C)(C)CC[C@H](CC)OCCCN)OCCCN. The molecule has 0 spiro atoms. The summed E-state index contributed by atoms with van der Waals surface area (Å²) in [6, 6.07) is 0. The zero-order valence-corrected chi connectivity index (χ0v) is 37.4. The number of amides is 1. The van der Waals surface area contributed by atoms with Gasteiger partial charge in [-0.1, -0.05) is 88.0 Å². The third kappa shape index (κ3) is 18.2. The highest BCUT2D eigenvalue weighted by atomic mass is 16.5. The molecular weight excluding hydrogens is 673 g/mol.